The zero-order valence-electron chi connectivity index (χ0n) is 20.5. The third-order valence-electron chi connectivity index (χ3n) is 5.49. The topological polar surface area (TPSA) is 87.8 Å². The summed E-state index contributed by atoms with van der Waals surface area (Å²) in [5.74, 6) is 0. The number of nitro benzene ring substituents is 1. The van der Waals surface area contributed by atoms with E-state index in [-0.39, 0.29) is 5.69 Å². The third kappa shape index (κ3) is 6.00. The predicted molar refractivity (Wildman–Crippen MR) is 149 cm³/mol. The standard InChI is InChI=1S/C27H26N6O2S/c1-31(2)22-11-5-19(6-12-22)17-25(21-9-15-24(16-10-21)33(34)35)26-29-30-27(36-26)28-18-20-7-13-23(14-8-20)32(3)4/h5-18H,1-4H3/b25-17+,28-18+. The lowest BCUT2D eigenvalue weighted by Gasteiger charge is -2.12. The van der Waals surface area contributed by atoms with Gasteiger partial charge < -0.3 is 9.80 Å². The SMILES string of the molecule is CN(C)c1ccc(/C=N/c2nnc(/C(=C/c3ccc(N(C)C)cc3)c3ccc([N+](=O)[O-])cc3)s2)cc1. The van der Waals surface area contributed by atoms with Crippen LogP contribution < -0.4 is 9.80 Å². The number of nitrogens with zero attached hydrogens (tertiary/aromatic N) is 6. The van der Waals surface area contributed by atoms with E-state index in [0.717, 1.165) is 33.6 Å². The van der Waals surface area contributed by atoms with Crippen molar-refractivity contribution in [3.63, 3.8) is 0 Å². The van der Waals surface area contributed by atoms with Gasteiger partial charge in [0.05, 0.1) is 4.92 Å². The smallest absolute Gasteiger partial charge is 0.269 e. The van der Waals surface area contributed by atoms with Gasteiger partial charge in [-0.05, 0) is 59.2 Å². The molecule has 0 N–H and O–H groups in total. The van der Waals surface area contributed by atoms with Crippen molar-refractivity contribution in [2.24, 2.45) is 4.99 Å². The molecule has 4 aromatic rings. The normalized spacial score (nSPS) is 11.6. The summed E-state index contributed by atoms with van der Waals surface area (Å²) in [7, 11) is 7.98. The van der Waals surface area contributed by atoms with Crippen molar-refractivity contribution in [1.82, 2.24) is 10.2 Å². The number of hydrogen-bond acceptors (Lipinski definition) is 8. The number of aromatic nitrogens is 2. The van der Waals surface area contributed by atoms with Crippen LogP contribution in [0.5, 0.6) is 0 Å². The quantitative estimate of drug-likeness (QED) is 0.130. The lowest BCUT2D eigenvalue weighted by molar-refractivity contribution is -0.384. The Balaban J connectivity index is 1.66. The van der Waals surface area contributed by atoms with Crippen molar-refractivity contribution in [3.05, 3.63) is 105 Å². The maximum Gasteiger partial charge on any atom is 0.269 e. The Bertz CT molecular complexity index is 1390. The number of anilines is 2. The molecule has 0 spiro atoms. The molecule has 0 aliphatic carbocycles. The molecule has 0 saturated carbocycles. The highest BCUT2D eigenvalue weighted by Gasteiger charge is 2.14. The lowest BCUT2D eigenvalue weighted by Crippen LogP contribution is -2.08. The van der Waals surface area contributed by atoms with Gasteiger partial charge in [-0.15, -0.1) is 10.2 Å². The average molecular weight is 499 g/mol. The average Bonchev–Trinajstić information content (AvgIpc) is 3.35. The monoisotopic (exact) mass is 498 g/mol. The van der Waals surface area contributed by atoms with E-state index in [1.807, 2.05) is 92.6 Å². The second kappa shape index (κ2) is 10.9. The maximum absolute atomic E-state index is 11.1. The molecule has 0 saturated heterocycles. The van der Waals surface area contributed by atoms with Crippen LogP contribution in [-0.4, -0.2) is 49.5 Å². The van der Waals surface area contributed by atoms with Crippen LogP contribution in [0.2, 0.25) is 0 Å². The van der Waals surface area contributed by atoms with Crippen LogP contribution in [0.1, 0.15) is 21.7 Å². The van der Waals surface area contributed by atoms with E-state index in [1.54, 1.807) is 18.3 Å². The third-order valence-corrected chi connectivity index (χ3v) is 6.35. The summed E-state index contributed by atoms with van der Waals surface area (Å²) < 4.78 is 0. The molecule has 0 fully saturated rings. The van der Waals surface area contributed by atoms with Gasteiger partial charge in [0.15, 0.2) is 0 Å². The second-order valence-electron chi connectivity index (χ2n) is 8.48. The van der Waals surface area contributed by atoms with Crippen molar-refractivity contribution in [3.8, 4) is 0 Å². The van der Waals surface area contributed by atoms with Gasteiger partial charge in [-0.2, -0.15) is 0 Å². The Morgan fingerprint density at radius 1 is 0.833 bits per heavy atom. The molecule has 182 valence electrons. The number of rotatable bonds is 8. The summed E-state index contributed by atoms with van der Waals surface area (Å²) in [4.78, 5) is 19.3. The fourth-order valence-corrected chi connectivity index (χ4v) is 4.16. The molecule has 1 heterocycles. The maximum atomic E-state index is 11.1. The first-order valence-corrected chi connectivity index (χ1v) is 12.0. The Kier molecular flexibility index (Phi) is 7.50. The first-order valence-electron chi connectivity index (χ1n) is 11.2. The Morgan fingerprint density at radius 2 is 1.39 bits per heavy atom. The second-order valence-corrected chi connectivity index (χ2v) is 9.44. The fourth-order valence-electron chi connectivity index (χ4n) is 3.43. The van der Waals surface area contributed by atoms with Gasteiger partial charge in [0, 0.05) is 63.5 Å². The Labute approximate surface area is 214 Å². The molecule has 0 aliphatic heterocycles. The van der Waals surface area contributed by atoms with Gasteiger partial charge in [0.25, 0.3) is 5.69 Å². The van der Waals surface area contributed by atoms with Gasteiger partial charge in [0.2, 0.25) is 5.13 Å². The minimum absolute atomic E-state index is 0.0382. The lowest BCUT2D eigenvalue weighted by atomic mass is 10.0. The summed E-state index contributed by atoms with van der Waals surface area (Å²) in [6.45, 7) is 0. The molecule has 0 amide bonds. The molecule has 0 bridgehead atoms. The molecule has 3 aromatic carbocycles. The summed E-state index contributed by atoms with van der Waals surface area (Å²) in [6.07, 6.45) is 3.77. The summed E-state index contributed by atoms with van der Waals surface area (Å²) in [5, 5.41) is 21.0. The number of hydrogen-bond donors (Lipinski definition) is 0. The molecule has 0 aliphatic rings. The van der Waals surface area contributed by atoms with Crippen molar-refractivity contribution < 1.29 is 4.92 Å². The van der Waals surface area contributed by atoms with E-state index in [2.05, 4.69) is 15.2 Å². The highest BCUT2D eigenvalue weighted by molar-refractivity contribution is 7.16. The summed E-state index contributed by atoms with van der Waals surface area (Å²) >= 11 is 1.36. The minimum atomic E-state index is -0.407. The first-order chi connectivity index (χ1) is 17.3. The van der Waals surface area contributed by atoms with Gasteiger partial charge in [-0.1, -0.05) is 35.6 Å². The highest BCUT2D eigenvalue weighted by Crippen LogP contribution is 2.32. The molecule has 8 nitrogen and oxygen atoms in total. The van der Waals surface area contributed by atoms with E-state index in [9.17, 15) is 10.1 Å². The van der Waals surface area contributed by atoms with Crippen LogP contribution in [0.4, 0.5) is 22.2 Å². The van der Waals surface area contributed by atoms with Gasteiger partial charge >= 0.3 is 0 Å². The van der Waals surface area contributed by atoms with Crippen molar-refractivity contribution in [1.29, 1.82) is 0 Å². The van der Waals surface area contributed by atoms with Crippen LogP contribution in [-0.2, 0) is 0 Å². The number of aliphatic imine (C=N–C) groups is 1. The molecule has 0 radical (unpaired) electrons. The van der Waals surface area contributed by atoms with Gasteiger partial charge in [-0.25, -0.2) is 4.99 Å². The van der Waals surface area contributed by atoms with Crippen molar-refractivity contribution in [2.45, 2.75) is 0 Å². The molecule has 0 atom stereocenters. The molecule has 4 rings (SSSR count). The predicted octanol–water partition coefficient (Wildman–Crippen LogP) is 5.92. The van der Waals surface area contributed by atoms with Crippen LogP contribution >= 0.6 is 11.3 Å². The Hall–Kier alpha value is -4.37. The molecule has 1 aromatic heterocycles. The Morgan fingerprint density at radius 3 is 1.92 bits per heavy atom. The van der Waals surface area contributed by atoms with E-state index >= 15 is 0 Å². The van der Waals surface area contributed by atoms with Crippen molar-refractivity contribution in [2.75, 3.05) is 38.0 Å². The van der Waals surface area contributed by atoms with Crippen LogP contribution in [0, 0.1) is 10.1 Å². The fraction of sp³-hybridized carbons (Fsp3) is 0.148. The van der Waals surface area contributed by atoms with Crippen LogP contribution in [0.3, 0.4) is 0 Å². The van der Waals surface area contributed by atoms with E-state index < -0.39 is 4.92 Å². The molecule has 9 heteroatoms. The largest absolute Gasteiger partial charge is 0.378 e. The van der Waals surface area contributed by atoms with Gasteiger partial charge in [-0.3, -0.25) is 10.1 Å². The molecular formula is C27H26N6O2S. The van der Waals surface area contributed by atoms with Crippen LogP contribution in [0.15, 0.2) is 77.8 Å². The van der Waals surface area contributed by atoms with Gasteiger partial charge in [0.1, 0.15) is 5.01 Å². The zero-order valence-corrected chi connectivity index (χ0v) is 21.3. The number of non-ortho nitro benzene ring substituents is 1. The van der Waals surface area contributed by atoms with E-state index in [4.69, 9.17) is 0 Å². The molecule has 0 unspecified atom stereocenters. The molecular weight excluding hydrogens is 472 g/mol. The van der Waals surface area contributed by atoms with E-state index in [0.29, 0.717) is 10.1 Å². The highest BCUT2D eigenvalue weighted by atomic mass is 32.1. The van der Waals surface area contributed by atoms with Crippen molar-refractivity contribution >= 4 is 51.4 Å². The summed E-state index contributed by atoms with van der Waals surface area (Å²) in [5.41, 5.74) is 5.81. The van der Waals surface area contributed by atoms with E-state index in [1.165, 1.54) is 23.5 Å². The summed E-state index contributed by atoms with van der Waals surface area (Å²) in [6, 6.07) is 22.6. The first kappa shape index (κ1) is 24.7. The van der Waals surface area contributed by atoms with Crippen LogP contribution in [0.25, 0.3) is 11.6 Å². The molecule has 36 heavy (non-hydrogen) atoms. The minimum Gasteiger partial charge on any atom is -0.378 e. The number of nitro groups is 1. The number of benzene rings is 3. The zero-order chi connectivity index (χ0) is 25.7.